The standard InChI is InChI=1S/C18H20BrNOS/c1-18(2,3)15-12-14(10-11-16(15)19)21-17(22)20(4)13-8-6-5-7-9-13/h5-12H,1-4H3. The molecule has 0 N–H and O–H groups in total. The number of ether oxygens (including phenoxy) is 1. The van der Waals surface area contributed by atoms with Crippen LogP contribution in [0.3, 0.4) is 0 Å². The van der Waals surface area contributed by atoms with Crippen LogP contribution in [0.1, 0.15) is 26.3 Å². The van der Waals surface area contributed by atoms with Gasteiger partial charge in [0.2, 0.25) is 0 Å². The zero-order valence-corrected chi connectivity index (χ0v) is 15.7. The van der Waals surface area contributed by atoms with E-state index in [0.717, 1.165) is 15.9 Å². The Morgan fingerprint density at radius 2 is 1.73 bits per heavy atom. The highest BCUT2D eigenvalue weighted by Gasteiger charge is 2.18. The van der Waals surface area contributed by atoms with E-state index in [9.17, 15) is 0 Å². The second kappa shape index (κ2) is 6.80. The number of halogens is 1. The van der Waals surface area contributed by atoms with Gasteiger partial charge in [-0.25, -0.2) is 0 Å². The molecule has 2 nitrogen and oxygen atoms in total. The quantitative estimate of drug-likeness (QED) is 0.636. The van der Waals surface area contributed by atoms with Crippen molar-refractivity contribution in [1.82, 2.24) is 0 Å². The molecule has 22 heavy (non-hydrogen) atoms. The monoisotopic (exact) mass is 377 g/mol. The van der Waals surface area contributed by atoms with Crippen LogP contribution in [-0.2, 0) is 5.41 Å². The largest absolute Gasteiger partial charge is 0.432 e. The van der Waals surface area contributed by atoms with Crippen molar-refractivity contribution in [1.29, 1.82) is 0 Å². The minimum atomic E-state index is 0.0329. The van der Waals surface area contributed by atoms with Crippen molar-refractivity contribution in [3.63, 3.8) is 0 Å². The first-order chi connectivity index (χ1) is 10.3. The molecule has 0 aliphatic rings. The van der Waals surface area contributed by atoms with Crippen molar-refractivity contribution in [2.24, 2.45) is 0 Å². The number of nitrogens with zero attached hydrogens (tertiary/aromatic N) is 1. The summed E-state index contributed by atoms with van der Waals surface area (Å²) in [5.41, 5.74) is 2.22. The zero-order valence-electron chi connectivity index (χ0n) is 13.3. The maximum atomic E-state index is 5.86. The fourth-order valence-electron chi connectivity index (χ4n) is 2.07. The smallest absolute Gasteiger partial charge is 0.269 e. The molecule has 0 spiro atoms. The Bertz CT molecular complexity index is 665. The predicted octanol–water partition coefficient (Wildman–Crippen LogP) is 5.55. The Hall–Kier alpha value is -1.39. The molecule has 116 valence electrons. The van der Waals surface area contributed by atoms with Crippen molar-refractivity contribution in [3.05, 3.63) is 58.6 Å². The van der Waals surface area contributed by atoms with Gasteiger partial charge >= 0.3 is 0 Å². The molecular formula is C18H20BrNOS. The maximum absolute atomic E-state index is 5.86. The number of para-hydroxylation sites is 1. The fourth-order valence-corrected chi connectivity index (χ4v) is 3.11. The topological polar surface area (TPSA) is 12.5 Å². The summed E-state index contributed by atoms with van der Waals surface area (Å²) < 4.78 is 6.94. The number of benzene rings is 2. The van der Waals surface area contributed by atoms with Gasteiger partial charge in [-0.2, -0.15) is 0 Å². The number of anilines is 1. The van der Waals surface area contributed by atoms with Crippen LogP contribution in [0.2, 0.25) is 0 Å². The molecule has 0 bridgehead atoms. The van der Waals surface area contributed by atoms with E-state index >= 15 is 0 Å². The predicted molar refractivity (Wildman–Crippen MR) is 101 cm³/mol. The molecule has 4 heteroatoms. The molecule has 0 saturated heterocycles. The van der Waals surface area contributed by atoms with Gasteiger partial charge in [0.25, 0.3) is 5.17 Å². The minimum Gasteiger partial charge on any atom is -0.432 e. The van der Waals surface area contributed by atoms with Gasteiger partial charge in [0.05, 0.1) is 0 Å². The van der Waals surface area contributed by atoms with E-state index in [1.54, 1.807) is 0 Å². The summed E-state index contributed by atoms with van der Waals surface area (Å²) in [5, 5.41) is 0.424. The molecule has 0 amide bonds. The third kappa shape index (κ3) is 4.08. The van der Waals surface area contributed by atoms with Crippen molar-refractivity contribution >= 4 is 39.0 Å². The molecule has 2 aromatic rings. The molecular weight excluding hydrogens is 358 g/mol. The van der Waals surface area contributed by atoms with Crippen molar-refractivity contribution in [3.8, 4) is 5.75 Å². The minimum absolute atomic E-state index is 0.0329. The van der Waals surface area contributed by atoms with Crippen LogP contribution in [0.5, 0.6) is 5.75 Å². The Balaban J connectivity index is 2.19. The summed E-state index contributed by atoms with van der Waals surface area (Å²) in [5.74, 6) is 0.751. The summed E-state index contributed by atoms with van der Waals surface area (Å²) in [6.07, 6.45) is 0. The summed E-state index contributed by atoms with van der Waals surface area (Å²) in [4.78, 5) is 1.86. The second-order valence-electron chi connectivity index (χ2n) is 6.15. The highest BCUT2D eigenvalue weighted by atomic mass is 79.9. The SMILES string of the molecule is CN(C(=S)Oc1ccc(Br)c(C(C)(C)C)c1)c1ccccc1. The van der Waals surface area contributed by atoms with Crippen LogP contribution >= 0.6 is 28.1 Å². The molecule has 0 aromatic heterocycles. The van der Waals surface area contributed by atoms with Crippen LogP contribution in [0, 0.1) is 0 Å². The first-order valence-electron chi connectivity index (χ1n) is 7.09. The summed E-state index contributed by atoms with van der Waals surface area (Å²) in [7, 11) is 1.90. The van der Waals surface area contributed by atoms with Gasteiger partial charge in [0.15, 0.2) is 0 Å². The van der Waals surface area contributed by atoms with Crippen LogP contribution in [0.4, 0.5) is 5.69 Å². The third-order valence-electron chi connectivity index (χ3n) is 3.37. The Morgan fingerprint density at radius 1 is 1.09 bits per heavy atom. The van der Waals surface area contributed by atoms with Crippen molar-refractivity contribution in [2.75, 3.05) is 11.9 Å². The fraction of sp³-hybridized carbons (Fsp3) is 0.278. The molecule has 0 radical (unpaired) electrons. The lowest BCUT2D eigenvalue weighted by molar-refractivity contribution is 0.540. The van der Waals surface area contributed by atoms with E-state index in [4.69, 9.17) is 17.0 Å². The van der Waals surface area contributed by atoms with E-state index in [1.807, 2.05) is 60.5 Å². The molecule has 2 rings (SSSR count). The van der Waals surface area contributed by atoms with Crippen molar-refractivity contribution < 1.29 is 4.74 Å². The lowest BCUT2D eigenvalue weighted by Crippen LogP contribution is -2.29. The summed E-state index contributed by atoms with van der Waals surface area (Å²) in [6, 6.07) is 15.9. The van der Waals surface area contributed by atoms with Gasteiger partial charge in [-0.3, -0.25) is 0 Å². The van der Waals surface area contributed by atoms with E-state index in [2.05, 4.69) is 36.7 Å². The van der Waals surface area contributed by atoms with Gasteiger partial charge in [-0.05, 0) is 53.5 Å². The van der Waals surface area contributed by atoms with Gasteiger partial charge in [0, 0.05) is 17.2 Å². The van der Waals surface area contributed by atoms with Crippen LogP contribution < -0.4 is 9.64 Å². The highest BCUT2D eigenvalue weighted by molar-refractivity contribution is 9.10. The first-order valence-corrected chi connectivity index (χ1v) is 8.30. The summed E-state index contributed by atoms with van der Waals surface area (Å²) in [6.45, 7) is 6.52. The Morgan fingerprint density at radius 3 is 2.32 bits per heavy atom. The number of hydrogen-bond donors (Lipinski definition) is 0. The van der Waals surface area contributed by atoms with Gasteiger partial charge in [-0.1, -0.05) is 54.9 Å². The first kappa shape index (κ1) is 17.0. The molecule has 0 heterocycles. The lowest BCUT2D eigenvalue weighted by Gasteiger charge is -2.23. The second-order valence-corrected chi connectivity index (χ2v) is 7.36. The van der Waals surface area contributed by atoms with E-state index in [-0.39, 0.29) is 5.41 Å². The van der Waals surface area contributed by atoms with Crippen molar-refractivity contribution in [2.45, 2.75) is 26.2 Å². The Labute approximate surface area is 146 Å². The molecule has 2 aromatic carbocycles. The number of thiocarbonyl (C=S) groups is 1. The van der Waals surface area contributed by atoms with Crippen LogP contribution in [-0.4, -0.2) is 12.2 Å². The maximum Gasteiger partial charge on any atom is 0.269 e. The van der Waals surface area contributed by atoms with Crippen LogP contribution in [0.25, 0.3) is 0 Å². The molecule has 0 fully saturated rings. The van der Waals surface area contributed by atoms with Gasteiger partial charge < -0.3 is 9.64 Å². The van der Waals surface area contributed by atoms with Gasteiger partial charge in [-0.15, -0.1) is 0 Å². The number of rotatable bonds is 2. The van der Waals surface area contributed by atoms with Gasteiger partial charge in [0.1, 0.15) is 5.75 Å². The average Bonchev–Trinajstić information content (AvgIpc) is 2.48. The van der Waals surface area contributed by atoms with Crippen LogP contribution in [0.15, 0.2) is 53.0 Å². The third-order valence-corrected chi connectivity index (χ3v) is 4.42. The zero-order chi connectivity index (χ0) is 16.3. The highest BCUT2D eigenvalue weighted by Crippen LogP contribution is 2.33. The molecule has 0 aliphatic heterocycles. The molecule has 0 unspecified atom stereocenters. The Kier molecular flexibility index (Phi) is 5.24. The summed E-state index contributed by atoms with van der Waals surface area (Å²) >= 11 is 9.00. The number of hydrogen-bond acceptors (Lipinski definition) is 2. The normalized spacial score (nSPS) is 11.1. The molecule has 0 aliphatic carbocycles. The average molecular weight is 378 g/mol. The molecule has 0 atom stereocenters. The van der Waals surface area contributed by atoms with E-state index < -0.39 is 0 Å². The lowest BCUT2D eigenvalue weighted by atomic mass is 9.87. The van der Waals surface area contributed by atoms with E-state index in [0.29, 0.717) is 5.17 Å². The van der Waals surface area contributed by atoms with E-state index in [1.165, 1.54) is 5.56 Å². The molecule has 0 saturated carbocycles.